The predicted molar refractivity (Wildman–Crippen MR) is 100 cm³/mol. The average Bonchev–Trinajstić information content (AvgIpc) is 2.55. The molecule has 0 aliphatic carbocycles. The third-order valence-electron chi connectivity index (χ3n) is 4.11. The van der Waals surface area contributed by atoms with E-state index in [1.807, 2.05) is 51.1 Å². The number of benzene rings is 2. The second-order valence-corrected chi connectivity index (χ2v) is 6.84. The highest BCUT2D eigenvalue weighted by Gasteiger charge is 2.21. The van der Waals surface area contributed by atoms with Crippen molar-refractivity contribution in [3.63, 3.8) is 0 Å². The van der Waals surface area contributed by atoms with Gasteiger partial charge >= 0.3 is 5.97 Å². The van der Waals surface area contributed by atoms with Crippen molar-refractivity contribution in [3.8, 4) is 5.75 Å². The number of hydrogen-bond acceptors (Lipinski definition) is 3. The van der Waals surface area contributed by atoms with Crippen molar-refractivity contribution in [1.29, 1.82) is 0 Å². The van der Waals surface area contributed by atoms with Crippen LogP contribution in [-0.2, 0) is 17.9 Å². The van der Waals surface area contributed by atoms with E-state index in [4.69, 9.17) is 16.3 Å². The van der Waals surface area contributed by atoms with E-state index in [9.17, 15) is 9.90 Å². The molecule has 5 heteroatoms. The number of carboxylic acids is 1. The molecular weight excluding hydrogens is 338 g/mol. The predicted octanol–water partition coefficient (Wildman–Crippen LogP) is 4.43. The summed E-state index contributed by atoms with van der Waals surface area (Å²) < 4.78 is 5.97. The Hall–Kier alpha value is -2.04. The second kappa shape index (κ2) is 8.88. The van der Waals surface area contributed by atoms with Crippen LogP contribution in [-0.4, -0.2) is 17.1 Å². The van der Waals surface area contributed by atoms with Crippen molar-refractivity contribution in [2.45, 2.75) is 40.0 Å². The Morgan fingerprint density at radius 3 is 2.56 bits per heavy atom. The average molecular weight is 362 g/mol. The molecule has 134 valence electrons. The number of rotatable bonds is 8. The first-order chi connectivity index (χ1) is 11.9. The van der Waals surface area contributed by atoms with Gasteiger partial charge in [0.05, 0.1) is 0 Å². The largest absolute Gasteiger partial charge is 0.489 e. The molecule has 0 spiro atoms. The lowest BCUT2D eigenvalue weighted by Crippen LogP contribution is -2.40. The van der Waals surface area contributed by atoms with Crippen molar-refractivity contribution in [2.24, 2.45) is 5.92 Å². The molecule has 0 saturated heterocycles. The molecule has 0 fully saturated rings. The first kappa shape index (κ1) is 19.3. The van der Waals surface area contributed by atoms with E-state index in [-0.39, 0.29) is 5.92 Å². The molecule has 0 amide bonds. The topological polar surface area (TPSA) is 58.6 Å². The number of carbonyl (C=O) groups is 1. The molecule has 0 aliphatic heterocycles. The highest BCUT2D eigenvalue weighted by Crippen LogP contribution is 2.24. The highest BCUT2D eigenvalue weighted by atomic mass is 35.5. The van der Waals surface area contributed by atoms with Gasteiger partial charge in [0.25, 0.3) is 0 Å². The fourth-order valence-corrected chi connectivity index (χ4v) is 2.78. The smallest absolute Gasteiger partial charge is 0.320 e. The number of aryl methyl sites for hydroxylation is 1. The van der Waals surface area contributed by atoms with Gasteiger partial charge in [0.15, 0.2) is 0 Å². The van der Waals surface area contributed by atoms with Crippen LogP contribution >= 0.6 is 11.6 Å². The van der Waals surface area contributed by atoms with Gasteiger partial charge in [0, 0.05) is 17.1 Å². The highest BCUT2D eigenvalue weighted by molar-refractivity contribution is 6.30. The Morgan fingerprint density at radius 2 is 1.92 bits per heavy atom. The summed E-state index contributed by atoms with van der Waals surface area (Å²) in [6, 6.07) is 12.8. The zero-order chi connectivity index (χ0) is 18.4. The molecule has 1 unspecified atom stereocenters. The summed E-state index contributed by atoms with van der Waals surface area (Å²) in [5.41, 5.74) is 3.12. The number of nitrogens with one attached hydrogen (secondary N) is 1. The molecule has 0 radical (unpaired) electrons. The van der Waals surface area contributed by atoms with Gasteiger partial charge in [-0.25, -0.2) is 0 Å². The summed E-state index contributed by atoms with van der Waals surface area (Å²) in [7, 11) is 0. The van der Waals surface area contributed by atoms with Crippen molar-refractivity contribution < 1.29 is 14.6 Å². The van der Waals surface area contributed by atoms with Crippen LogP contribution in [0.4, 0.5) is 0 Å². The molecule has 2 aromatic rings. The SMILES string of the molecule is Cc1ccccc1COc1ccc(Cl)cc1CNC(C(=O)O)C(C)C. The van der Waals surface area contributed by atoms with E-state index in [1.165, 1.54) is 5.56 Å². The van der Waals surface area contributed by atoms with E-state index < -0.39 is 12.0 Å². The lowest BCUT2D eigenvalue weighted by atomic mass is 10.0. The van der Waals surface area contributed by atoms with Crippen LogP contribution in [0.3, 0.4) is 0 Å². The third kappa shape index (κ3) is 5.48. The third-order valence-corrected chi connectivity index (χ3v) is 4.35. The Bertz CT molecular complexity index is 731. The molecule has 0 bridgehead atoms. The monoisotopic (exact) mass is 361 g/mol. The van der Waals surface area contributed by atoms with E-state index in [0.717, 1.165) is 11.1 Å². The Balaban J connectivity index is 2.11. The van der Waals surface area contributed by atoms with Gasteiger partial charge in [-0.2, -0.15) is 0 Å². The van der Waals surface area contributed by atoms with E-state index in [1.54, 1.807) is 12.1 Å². The van der Waals surface area contributed by atoms with Gasteiger partial charge in [-0.05, 0) is 42.2 Å². The Labute approximate surface area is 153 Å². The number of carboxylic acid groups (broad SMARTS) is 1. The Morgan fingerprint density at radius 1 is 1.20 bits per heavy atom. The second-order valence-electron chi connectivity index (χ2n) is 6.41. The molecule has 0 aliphatic rings. The van der Waals surface area contributed by atoms with Crippen LogP contribution < -0.4 is 10.1 Å². The van der Waals surface area contributed by atoms with E-state index in [2.05, 4.69) is 5.32 Å². The minimum atomic E-state index is -0.862. The summed E-state index contributed by atoms with van der Waals surface area (Å²) in [5, 5.41) is 13.0. The zero-order valence-electron chi connectivity index (χ0n) is 14.8. The lowest BCUT2D eigenvalue weighted by Gasteiger charge is -2.19. The fraction of sp³-hybridized carbons (Fsp3) is 0.350. The van der Waals surface area contributed by atoms with Crippen LogP contribution in [0.25, 0.3) is 0 Å². The van der Waals surface area contributed by atoms with Crippen LogP contribution in [0.15, 0.2) is 42.5 Å². The first-order valence-corrected chi connectivity index (χ1v) is 8.68. The van der Waals surface area contributed by atoms with Crippen molar-refractivity contribution >= 4 is 17.6 Å². The molecule has 0 saturated carbocycles. The van der Waals surface area contributed by atoms with Gasteiger partial charge < -0.3 is 9.84 Å². The van der Waals surface area contributed by atoms with Gasteiger partial charge in [0.2, 0.25) is 0 Å². The zero-order valence-corrected chi connectivity index (χ0v) is 15.5. The summed E-state index contributed by atoms with van der Waals surface area (Å²) in [4.78, 5) is 11.3. The Kier molecular flexibility index (Phi) is 6.85. The van der Waals surface area contributed by atoms with Gasteiger partial charge in [-0.1, -0.05) is 49.7 Å². The fourth-order valence-electron chi connectivity index (χ4n) is 2.58. The molecule has 4 nitrogen and oxygen atoms in total. The summed E-state index contributed by atoms with van der Waals surface area (Å²) in [6.07, 6.45) is 0. The number of halogens is 1. The minimum absolute atomic E-state index is 0.0204. The quantitative estimate of drug-likeness (QED) is 0.730. The maximum atomic E-state index is 11.3. The standard InChI is InChI=1S/C20H24ClNO3/c1-13(2)19(20(23)24)22-11-16-10-17(21)8-9-18(16)25-12-15-7-5-4-6-14(15)3/h4-10,13,19,22H,11-12H2,1-3H3,(H,23,24). The van der Waals surface area contributed by atoms with Gasteiger partial charge in [-0.15, -0.1) is 0 Å². The molecule has 2 rings (SSSR count). The molecule has 0 heterocycles. The summed E-state index contributed by atoms with van der Waals surface area (Å²) in [5.74, 6) is -0.180. The maximum Gasteiger partial charge on any atom is 0.320 e. The number of ether oxygens (including phenoxy) is 1. The molecular formula is C20H24ClNO3. The summed E-state index contributed by atoms with van der Waals surface area (Å²) in [6.45, 7) is 6.62. The van der Waals surface area contributed by atoms with Crippen LogP contribution in [0.1, 0.15) is 30.5 Å². The minimum Gasteiger partial charge on any atom is -0.489 e. The van der Waals surface area contributed by atoms with Crippen LogP contribution in [0, 0.1) is 12.8 Å². The lowest BCUT2D eigenvalue weighted by molar-refractivity contribution is -0.140. The van der Waals surface area contributed by atoms with Crippen molar-refractivity contribution in [1.82, 2.24) is 5.32 Å². The number of aliphatic carboxylic acids is 1. The first-order valence-electron chi connectivity index (χ1n) is 8.30. The maximum absolute atomic E-state index is 11.3. The van der Waals surface area contributed by atoms with Gasteiger partial charge in [-0.3, -0.25) is 10.1 Å². The molecule has 2 N–H and O–H groups in total. The molecule has 1 atom stereocenters. The van der Waals surface area contributed by atoms with E-state index in [0.29, 0.717) is 23.9 Å². The molecule has 2 aromatic carbocycles. The van der Waals surface area contributed by atoms with Crippen LogP contribution in [0.2, 0.25) is 5.02 Å². The van der Waals surface area contributed by atoms with Crippen LogP contribution in [0.5, 0.6) is 5.75 Å². The van der Waals surface area contributed by atoms with Crippen molar-refractivity contribution in [2.75, 3.05) is 0 Å². The number of hydrogen-bond donors (Lipinski definition) is 2. The molecule has 25 heavy (non-hydrogen) atoms. The summed E-state index contributed by atoms with van der Waals surface area (Å²) >= 11 is 6.10. The van der Waals surface area contributed by atoms with E-state index >= 15 is 0 Å². The normalized spacial score (nSPS) is 12.2. The van der Waals surface area contributed by atoms with Crippen molar-refractivity contribution in [3.05, 3.63) is 64.2 Å². The molecule has 0 aromatic heterocycles. The van der Waals surface area contributed by atoms with Gasteiger partial charge in [0.1, 0.15) is 18.4 Å².